The van der Waals surface area contributed by atoms with Crippen molar-refractivity contribution in [3.8, 4) is 5.75 Å². The molecular formula is C26H27NO2. The Morgan fingerprint density at radius 2 is 1.34 bits per heavy atom. The van der Waals surface area contributed by atoms with Gasteiger partial charge in [-0.05, 0) is 41.7 Å². The van der Waals surface area contributed by atoms with Crippen LogP contribution in [0.4, 0.5) is 0 Å². The Bertz CT molecular complexity index is 882. The van der Waals surface area contributed by atoms with Crippen LogP contribution in [0.25, 0.3) is 0 Å². The molecule has 1 amide bonds. The van der Waals surface area contributed by atoms with Crippen LogP contribution in [0.15, 0.2) is 84.9 Å². The Hall–Kier alpha value is -3.07. The van der Waals surface area contributed by atoms with Gasteiger partial charge in [0.2, 0.25) is 5.91 Å². The fraction of sp³-hybridized carbons (Fsp3) is 0.269. The fourth-order valence-corrected chi connectivity index (χ4v) is 4.48. The van der Waals surface area contributed by atoms with Crippen molar-refractivity contribution in [3.63, 3.8) is 0 Å². The monoisotopic (exact) mass is 385 g/mol. The number of amides is 1. The molecule has 29 heavy (non-hydrogen) atoms. The maximum Gasteiger partial charge on any atom is 0.232 e. The summed E-state index contributed by atoms with van der Waals surface area (Å²) >= 11 is 0. The molecule has 148 valence electrons. The molecule has 0 aromatic heterocycles. The predicted molar refractivity (Wildman–Crippen MR) is 116 cm³/mol. The van der Waals surface area contributed by atoms with E-state index in [4.69, 9.17) is 0 Å². The Morgan fingerprint density at radius 3 is 1.93 bits per heavy atom. The first kappa shape index (κ1) is 19.3. The zero-order valence-electron chi connectivity index (χ0n) is 16.5. The summed E-state index contributed by atoms with van der Waals surface area (Å²) in [6.07, 6.45) is 4.32. The van der Waals surface area contributed by atoms with Gasteiger partial charge in [-0.3, -0.25) is 4.79 Å². The van der Waals surface area contributed by atoms with E-state index >= 15 is 0 Å². The second-order valence-corrected chi connectivity index (χ2v) is 7.85. The number of hydrogen-bond donors (Lipinski definition) is 2. The van der Waals surface area contributed by atoms with Gasteiger partial charge in [-0.1, -0.05) is 85.6 Å². The predicted octanol–water partition coefficient (Wildman–Crippen LogP) is 5.37. The van der Waals surface area contributed by atoms with Crippen molar-refractivity contribution in [3.05, 3.63) is 102 Å². The number of phenols is 1. The van der Waals surface area contributed by atoms with Crippen molar-refractivity contribution < 1.29 is 9.90 Å². The van der Waals surface area contributed by atoms with Crippen molar-refractivity contribution in [1.29, 1.82) is 0 Å². The largest absolute Gasteiger partial charge is 0.508 e. The Kier molecular flexibility index (Phi) is 5.95. The summed E-state index contributed by atoms with van der Waals surface area (Å²) in [5, 5.41) is 13.0. The summed E-state index contributed by atoms with van der Waals surface area (Å²) in [5.74, 6) is 0.289. The molecule has 0 heterocycles. The first-order chi connectivity index (χ1) is 14.2. The maximum absolute atomic E-state index is 13.5. The smallest absolute Gasteiger partial charge is 0.232 e. The molecule has 1 fully saturated rings. The molecule has 1 aliphatic rings. The van der Waals surface area contributed by atoms with Crippen LogP contribution in [-0.4, -0.2) is 17.1 Å². The van der Waals surface area contributed by atoms with Crippen LogP contribution >= 0.6 is 0 Å². The number of phenolic OH excluding ortho intramolecular Hbond substituents is 1. The van der Waals surface area contributed by atoms with Crippen molar-refractivity contribution in [2.45, 2.75) is 43.6 Å². The Morgan fingerprint density at radius 1 is 0.793 bits per heavy atom. The Labute approximate surface area is 172 Å². The second-order valence-electron chi connectivity index (χ2n) is 7.85. The second kappa shape index (κ2) is 8.95. The molecule has 0 spiro atoms. The molecule has 3 heteroatoms. The average Bonchev–Trinajstić information content (AvgIpc) is 2.76. The SMILES string of the molecule is O=C(N[C@H]1CCCC[C@@H]1c1ccc(O)cc1)C(c1ccccc1)c1ccccc1. The van der Waals surface area contributed by atoms with E-state index < -0.39 is 0 Å². The number of carbonyl (C=O) groups excluding carboxylic acids is 1. The third kappa shape index (κ3) is 4.51. The number of rotatable bonds is 5. The van der Waals surface area contributed by atoms with Gasteiger partial charge >= 0.3 is 0 Å². The summed E-state index contributed by atoms with van der Waals surface area (Å²) in [6.45, 7) is 0. The van der Waals surface area contributed by atoms with Gasteiger partial charge in [0.05, 0.1) is 5.92 Å². The average molecular weight is 386 g/mol. The van der Waals surface area contributed by atoms with Crippen molar-refractivity contribution >= 4 is 5.91 Å². The van der Waals surface area contributed by atoms with Gasteiger partial charge in [0.1, 0.15) is 5.75 Å². The van der Waals surface area contributed by atoms with Crippen LogP contribution in [0.5, 0.6) is 5.75 Å². The highest BCUT2D eigenvalue weighted by Crippen LogP contribution is 2.35. The van der Waals surface area contributed by atoms with Gasteiger partial charge in [-0.15, -0.1) is 0 Å². The van der Waals surface area contributed by atoms with Gasteiger partial charge in [-0.25, -0.2) is 0 Å². The number of hydrogen-bond acceptors (Lipinski definition) is 2. The zero-order valence-corrected chi connectivity index (χ0v) is 16.5. The molecule has 0 saturated heterocycles. The normalized spacial score (nSPS) is 19.1. The van der Waals surface area contributed by atoms with E-state index in [1.807, 2.05) is 72.8 Å². The number of benzene rings is 3. The molecule has 2 N–H and O–H groups in total. The standard InChI is InChI=1S/C26H27NO2/c28-22-17-15-19(16-18-22)23-13-7-8-14-24(23)27-26(29)25(20-9-3-1-4-10-20)21-11-5-2-6-12-21/h1-6,9-12,15-18,23-25,28H,7-8,13-14H2,(H,27,29)/t23-,24+/m1/s1. The first-order valence-corrected chi connectivity index (χ1v) is 10.4. The summed E-state index contributed by atoms with van der Waals surface area (Å²) in [5.41, 5.74) is 3.20. The minimum atomic E-state index is -0.320. The van der Waals surface area contributed by atoms with E-state index in [0.717, 1.165) is 30.4 Å². The van der Waals surface area contributed by atoms with Crippen LogP contribution in [0.1, 0.15) is 54.2 Å². The number of aromatic hydroxyl groups is 1. The molecule has 0 aliphatic heterocycles. The molecule has 0 bridgehead atoms. The summed E-state index contributed by atoms with van der Waals surface area (Å²) in [7, 11) is 0. The van der Waals surface area contributed by atoms with E-state index in [-0.39, 0.29) is 29.5 Å². The van der Waals surface area contributed by atoms with Gasteiger partial charge in [-0.2, -0.15) is 0 Å². The van der Waals surface area contributed by atoms with E-state index in [1.54, 1.807) is 12.1 Å². The molecule has 1 saturated carbocycles. The minimum Gasteiger partial charge on any atom is -0.508 e. The summed E-state index contributed by atoms with van der Waals surface area (Å²) in [4.78, 5) is 13.5. The number of carbonyl (C=O) groups is 1. The summed E-state index contributed by atoms with van der Waals surface area (Å²) < 4.78 is 0. The van der Waals surface area contributed by atoms with Gasteiger partial charge in [0.25, 0.3) is 0 Å². The number of nitrogens with one attached hydrogen (secondary N) is 1. The zero-order chi connectivity index (χ0) is 20.1. The molecule has 2 atom stereocenters. The lowest BCUT2D eigenvalue weighted by Gasteiger charge is -2.34. The lowest BCUT2D eigenvalue weighted by molar-refractivity contribution is -0.122. The third-order valence-electron chi connectivity index (χ3n) is 5.94. The summed E-state index contributed by atoms with van der Waals surface area (Å²) in [6, 6.07) is 27.5. The van der Waals surface area contributed by atoms with Crippen LogP contribution in [0.2, 0.25) is 0 Å². The lowest BCUT2D eigenvalue weighted by atomic mass is 9.79. The highest BCUT2D eigenvalue weighted by atomic mass is 16.3. The molecule has 0 radical (unpaired) electrons. The maximum atomic E-state index is 13.5. The molecule has 3 aromatic carbocycles. The topological polar surface area (TPSA) is 49.3 Å². The third-order valence-corrected chi connectivity index (χ3v) is 5.94. The molecule has 3 aromatic rings. The van der Waals surface area contributed by atoms with Crippen LogP contribution in [0, 0.1) is 0 Å². The molecule has 0 unspecified atom stereocenters. The Balaban J connectivity index is 1.60. The molecule has 3 nitrogen and oxygen atoms in total. The minimum absolute atomic E-state index is 0.0538. The first-order valence-electron chi connectivity index (χ1n) is 10.4. The molecule has 1 aliphatic carbocycles. The highest BCUT2D eigenvalue weighted by molar-refractivity contribution is 5.87. The lowest BCUT2D eigenvalue weighted by Crippen LogP contribution is -2.43. The molecular weight excluding hydrogens is 358 g/mol. The van der Waals surface area contributed by atoms with Crippen LogP contribution in [0.3, 0.4) is 0 Å². The highest BCUT2D eigenvalue weighted by Gasteiger charge is 2.31. The van der Waals surface area contributed by atoms with Crippen molar-refractivity contribution in [2.75, 3.05) is 0 Å². The molecule has 4 rings (SSSR count). The van der Waals surface area contributed by atoms with E-state index in [1.165, 1.54) is 12.0 Å². The van der Waals surface area contributed by atoms with Crippen LogP contribution in [-0.2, 0) is 4.79 Å². The van der Waals surface area contributed by atoms with E-state index in [0.29, 0.717) is 0 Å². The van der Waals surface area contributed by atoms with Gasteiger partial charge in [0, 0.05) is 12.0 Å². The van der Waals surface area contributed by atoms with Crippen molar-refractivity contribution in [2.24, 2.45) is 0 Å². The van der Waals surface area contributed by atoms with Crippen molar-refractivity contribution in [1.82, 2.24) is 5.32 Å². The quantitative estimate of drug-likeness (QED) is 0.621. The van der Waals surface area contributed by atoms with E-state index in [2.05, 4.69) is 5.32 Å². The fourth-order valence-electron chi connectivity index (χ4n) is 4.48. The van der Waals surface area contributed by atoms with Crippen LogP contribution < -0.4 is 5.32 Å². The van der Waals surface area contributed by atoms with Gasteiger partial charge < -0.3 is 10.4 Å². The van der Waals surface area contributed by atoms with Gasteiger partial charge in [0.15, 0.2) is 0 Å². The van der Waals surface area contributed by atoms with E-state index in [9.17, 15) is 9.90 Å².